The van der Waals surface area contributed by atoms with Crippen molar-refractivity contribution in [2.75, 3.05) is 13.1 Å². The van der Waals surface area contributed by atoms with E-state index in [-0.39, 0.29) is 0 Å². The second-order valence-corrected chi connectivity index (χ2v) is 7.62. The smallest absolute Gasteiger partial charge is 0.199 e. The molecule has 6 nitrogen and oxygen atoms in total. The summed E-state index contributed by atoms with van der Waals surface area (Å²) in [7, 11) is 0. The highest BCUT2D eigenvalue weighted by atomic mass is 15.2. The zero-order chi connectivity index (χ0) is 20.2. The maximum atomic E-state index is 4.37. The molecule has 0 atom stereocenters. The van der Waals surface area contributed by atoms with E-state index in [9.17, 15) is 0 Å². The molecule has 149 valence electrons. The van der Waals surface area contributed by atoms with Crippen LogP contribution in [0, 0.1) is 6.07 Å². The normalized spacial score (nSPS) is 15.3. The van der Waals surface area contributed by atoms with E-state index in [2.05, 4.69) is 78.6 Å². The van der Waals surface area contributed by atoms with E-state index in [1.807, 2.05) is 6.07 Å². The van der Waals surface area contributed by atoms with Crippen LogP contribution in [0.2, 0.25) is 0 Å². The van der Waals surface area contributed by atoms with Gasteiger partial charge in [-0.15, -0.1) is 10.2 Å². The lowest BCUT2D eigenvalue weighted by atomic mass is 9.94. The number of hydrogen-bond donors (Lipinski definition) is 1. The van der Waals surface area contributed by atoms with E-state index in [0.29, 0.717) is 17.6 Å². The number of aromatic amines is 1. The van der Waals surface area contributed by atoms with Crippen LogP contribution in [0.1, 0.15) is 30.1 Å². The van der Waals surface area contributed by atoms with Crippen molar-refractivity contribution in [3.8, 4) is 22.8 Å². The fourth-order valence-corrected chi connectivity index (χ4v) is 4.06. The van der Waals surface area contributed by atoms with E-state index in [4.69, 9.17) is 0 Å². The highest BCUT2D eigenvalue weighted by Crippen LogP contribution is 2.29. The molecule has 1 radical (unpaired) electrons. The van der Waals surface area contributed by atoms with Crippen LogP contribution < -0.4 is 0 Å². The molecule has 1 N–H and O–H groups in total. The Balaban J connectivity index is 1.24. The van der Waals surface area contributed by atoms with E-state index in [1.165, 1.54) is 16.7 Å². The van der Waals surface area contributed by atoms with Gasteiger partial charge in [0.15, 0.2) is 11.6 Å². The molecular weight excluding hydrogens is 372 g/mol. The van der Waals surface area contributed by atoms with Gasteiger partial charge in [-0.2, -0.15) is 0 Å². The van der Waals surface area contributed by atoms with Gasteiger partial charge >= 0.3 is 0 Å². The Morgan fingerprint density at radius 2 is 1.73 bits per heavy atom. The fourth-order valence-electron chi connectivity index (χ4n) is 4.06. The minimum Gasteiger partial charge on any atom is -0.322 e. The SMILES string of the molecule is [c]1cccc(CN2CCC(c3nnc(-c4ncccn4)[nH]3)CC2)c1-c1ccccc1. The molecule has 4 aromatic rings. The molecule has 0 aliphatic carbocycles. The van der Waals surface area contributed by atoms with Gasteiger partial charge in [0.2, 0.25) is 0 Å². The van der Waals surface area contributed by atoms with Gasteiger partial charge in [-0.25, -0.2) is 9.97 Å². The number of nitrogens with one attached hydrogen (secondary N) is 1. The van der Waals surface area contributed by atoms with Crippen LogP contribution in [0.5, 0.6) is 0 Å². The lowest BCUT2D eigenvalue weighted by Gasteiger charge is -2.31. The molecule has 0 unspecified atom stereocenters. The van der Waals surface area contributed by atoms with Gasteiger partial charge in [-0.05, 0) is 54.8 Å². The van der Waals surface area contributed by atoms with Crippen molar-refractivity contribution in [1.29, 1.82) is 0 Å². The molecule has 2 aromatic carbocycles. The Morgan fingerprint density at radius 3 is 2.53 bits per heavy atom. The Labute approximate surface area is 176 Å². The number of aromatic nitrogens is 5. The summed E-state index contributed by atoms with van der Waals surface area (Å²) >= 11 is 0. The van der Waals surface area contributed by atoms with Gasteiger partial charge < -0.3 is 4.98 Å². The summed E-state index contributed by atoms with van der Waals surface area (Å²) in [6.07, 6.45) is 5.55. The highest BCUT2D eigenvalue weighted by molar-refractivity contribution is 5.66. The zero-order valence-corrected chi connectivity index (χ0v) is 16.7. The summed E-state index contributed by atoms with van der Waals surface area (Å²) in [5.41, 5.74) is 3.74. The maximum absolute atomic E-state index is 4.37. The van der Waals surface area contributed by atoms with Crippen LogP contribution in [0.25, 0.3) is 22.8 Å². The number of benzene rings is 2. The standard InChI is InChI=1S/C24H23N6/c1-2-7-18(8-3-1)21-10-5-4-9-20(21)17-30-15-11-19(12-16-30)22-27-24(29-28-22)23-25-13-6-14-26-23/h1-9,13-14,19H,11-12,15-17H2,(H,27,28,29). The van der Waals surface area contributed by atoms with Crippen LogP contribution in [0.15, 0.2) is 67.0 Å². The topological polar surface area (TPSA) is 70.6 Å². The molecule has 0 bridgehead atoms. The Kier molecular flexibility index (Phi) is 5.31. The molecule has 0 spiro atoms. The zero-order valence-electron chi connectivity index (χ0n) is 16.7. The molecule has 6 heteroatoms. The van der Waals surface area contributed by atoms with Crippen molar-refractivity contribution in [3.05, 3.63) is 84.4 Å². The molecule has 0 saturated carbocycles. The first kappa shape index (κ1) is 18.6. The summed E-state index contributed by atoms with van der Waals surface area (Å²) in [6, 6.07) is 22.0. The minimum atomic E-state index is 0.391. The monoisotopic (exact) mass is 395 g/mol. The quantitative estimate of drug-likeness (QED) is 0.551. The van der Waals surface area contributed by atoms with Crippen molar-refractivity contribution in [2.45, 2.75) is 25.3 Å². The third-order valence-corrected chi connectivity index (χ3v) is 5.65. The van der Waals surface area contributed by atoms with Crippen molar-refractivity contribution in [2.24, 2.45) is 0 Å². The van der Waals surface area contributed by atoms with E-state index >= 15 is 0 Å². The molecule has 2 aromatic heterocycles. The number of hydrogen-bond acceptors (Lipinski definition) is 5. The van der Waals surface area contributed by atoms with Crippen molar-refractivity contribution < 1.29 is 0 Å². The molecule has 5 rings (SSSR count). The van der Waals surface area contributed by atoms with Crippen molar-refractivity contribution in [3.63, 3.8) is 0 Å². The van der Waals surface area contributed by atoms with Crippen molar-refractivity contribution >= 4 is 0 Å². The van der Waals surface area contributed by atoms with E-state index in [0.717, 1.165) is 38.3 Å². The first-order valence-corrected chi connectivity index (χ1v) is 10.3. The Hall–Kier alpha value is -3.38. The highest BCUT2D eigenvalue weighted by Gasteiger charge is 2.24. The fraction of sp³-hybridized carbons (Fsp3) is 0.250. The Morgan fingerprint density at radius 1 is 0.933 bits per heavy atom. The van der Waals surface area contributed by atoms with Crippen LogP contribution in [0.3, 0.4) is 0 Å². The van der Waals surface area contributed by atoms with Crippen LogP contribution in [0.4, 0.5) is 0 Å². The number of H-pyrrole nitrogens is 1. The second-order valence-electron chi connectivity index (χ2n) is 7.62. The number of rotatable bonds is 5. The average Bonchev–Trinajstić information content (AvgIpc) is 3.32. The largest absolute Gasteiger partial charge is 0.322 e. The average molecular weight is 395 g/mol. The number of nitrogens with zero attached hydrogens (tertiary/aromatic N) is 5. The molecule has 1 aliphatic rings. The predicted molar refractivity (Wildman–Crippen MR) is 115 cm³/mol. The van der Waals surface area contributed by atoms with Crippen LogP contribution >= 0.6 is 0 Å². The van der Waals surface area contributed by atoms with Gasteiger partial charge in [-0.3, -0.25) is 4.90 Å². The number of likely N-dealkylation sites (tertiary alicyclic amines) is 1. The molecular formula is C24H23N6. The van der Waals surface area contributed by atoms with Gasteiger partial charge in [0.05, 0.1) is 0 Å². The first-order valence-electron chi connectivity index (χ1n) is 10.3. The summed E-state index contributed by atoms with van der Waals surface area (Å²) in [5, 5.41) is 8.62. The molecule has 1 fully saturated rings. The lowest BCUT2D eigenvalue weighted by molar-refractivity contribution is 0.202. The summed E-state index contributed by atoms with van der Waals surface area (Å²) in [6.45, 7) is 3.01. The predicted octanol–water partition coefficient (Wildman–Crippen LogP) is 4.11. The van der Waals surface area contributed by atoms with Crippen LogP contribution in [-0.4, -0.2) is 43.1 Å². The molecule has 30 heavy (non-hydrogen) atoms. The van der Waals surface area contributed by atoms with E-state index < -0.39 is 0 Å². The second kappa shape index (κ2) is 8.55. The summed E-state index contributed by atoms with van der Waals surface area (Å²) in [5.74, 6) is 2.56. The van der Waals surface area contributed by atoms with Gasteiger partial charge in [0.1, 0.15) is 5.82 Å². The third-order valence-electron chi connectivity index (χ3n) is 5.65. The summed E-state index contributed by atoms with van der Waals surface area (Å²) in [4.78, 5) is 14.3. The number of piperidine rings is 1. The van der Waals surface area contributed by atoms with Gasteiger partial charge in [0.25, 0.3) is 0 Å². The summed E-state index contributed by atoms with van der Waals surface area (Å²) < 4.78 is 0. The lowest BCUT2D eigenvalue weighted by Crippen LogP contribution is -2.33. The molecule has 0 amide bonds. The van der Waals surface area contributed by atoms with Gasteiger partial charge in [0, 0.05) is 24.9 Å². The van der Waals surface area contributed by atoms with Gasteiger partial charge in [-0.1, -0.05) is 48.5 Å². The maximum Gasteiger partial charge on any atom is 0.199 e. The Bertz CT molecular complexity index is 1080. The minimum absolute atomic E-state index is 0.391. The third kappa shape index (κ3) is 4.00. The molecule has 1 saturated heterocycles. The van der Waals surface area contributed by atoms with Crippen molar-refractivity contribution in [1.82, 2.24) is 30.0 Å². The van der Waals surface area contributed by atoms with E-state index in [1.54, 1.807) is 18.5 Å². The first-order chi connectivity index (χ1) is 14.9. The van der Waals surface area contributed by atoms with Crippen LogP contribution in [-0.2, 0) is 6.54 Å². The molecule has 1 aliphatic heterocycles. The molecule has 3 heterocycles.